The van der Waals surface area contributed by atoms with Crippen LogP contribution in [0.1, 0.15) is 36.1 Å². The molecule has 0 spiro atoms. The average molecular weight is 571 g/mol. The van der Waals surface area contributed by atoms with Crippen LogP contribution in [0.5, 0.6) is 0 Å². The van der Waals surface area contributed by atoms with E-state index >= 15 is 0 Å². The Morgan fingerprint density at radius 2 is 1.39 bits per heavy atom. The van der Waals surface area contributed by atoms with Crippen molar-refractivity contribution < 1.29 is 42.2 Å². The second-order valence-corrected chi connectivity index (χ2v) is 10.5. The average Bonchev–Trinajstić information content (AvgIpc) is 2.97. The normalized spacial score (nSPS) is 22.9. The van der Waals surface area contributed by atoms with Crippen LogP contribution in [0.25, 0.3) is 0 Å². The van der Waals surface area contributed by atoms with Crippen LogP contribution in [-0.2, 0) is 14.3 Å². The maximum absolute atomic E-state index is 13.5. The number of quaternary nitrogens is 1. The Morgan fingerprint density at radius 1 is 0.902 bits per heavy atom. The van der Waals surface area contributed by atoms with Gasteiger partial charge < -0.3 is 29.5 Å². The van der Waals surface area contributed by atoms with E-state index in [1.54, 1.807) is 0 Å². The van der Waals surface area contributed by atoms with Crippen LogP contribution < -0.4 is 10.4 Å². The highest BCUT2D eigenvalue weighted by Gasteiger charge is 2.49. The first-order valence-corrected chi connectivity index (χ1v) is 13.5. The van der Waals surface area contributed by atoms with Crippen LogP contribution in [0.15, 0.2) is 91.0 Å². The van der Waals surface area contributed by atoms with E-state index in [1.165, 1.54) is 0 Å². The molecule has 3 atom stereocenters. The number of carboxylic acid groups (broad SMARTS) is 1. The Labute approximate surface area is 236 Å². The van der Waals surface area contributed by atoms with Crippen molar-refractivity contribution in [2.45, 2.75) is 37.3 Å². The van der Waals surface area contributed by atoms with E-state index < -0.39 is 24.3 Å². The lowest BCUT2D eigenvalue weighted by atomic mass is 9.82. The number of nitrogens with zero attached hydrogens (tertiary/aromatic N) is 1. The van der Waals surface area contributed by atoms with Gasteiger partial charge in [0.05, 0.1) is 13.1 Å². The number of carboxylic acids is 1. The van der Waals surface area contributed by atoms with Gasteiger partial charge in [-0.1, -0.05) is 78.9 Å². The summed E-state index contributed by atoms with van der Waals surface area (Å²) in [5.41, 5.74) is 2.73. The number of aliphatic hydroxyl groups excluding tert-OH is 1. The number of aliphatic carboxylic acids is 1. The topological polar surface area (TPSA) is 98.7 Å². The molecule has 0 aliphatic carbocycles. The minimum absolute atomic E-state index is 0.123. The number of piperidine rings is 3. The number of para-hydroxylation sites is 1. The van der Waals surface area contributed by atoms with Gasteiger partial charge in [0.1, 0.15) is 25.2 Å². The molecule has 3 heterocycles. The second-order valence-electron chi connectivity index (χ2n) is 10.5. The molecular formula is C31H33F3N2O5. The van der Waals surface area contributed by atoms with Crippen LogP contribution >= 0.6 is 0 Å². The number of esters is 1. The van der Waals surface area contributed by atoms with E-state index in [-0.39, 0.29) is 12.1 Å². The van der Waals surface area contributed by atoms with Crippen LogP contribution in [-0.4, -0.2) is 60.0 Å². The molecule has 3 fully saturated rings. The van der Waals surface area contributed by atoms with Crippen molar-refractivity contribution in [3.05, 3.63) is 102 Å². The molecule has 0 amide bonds. The highest BCUT2D eigenvalue weighted by molar-refractivity contribution is 5.81. The van der Waals surface area contributed by atoms with E-state index in [0.29, 0.717) is 12.5 Å². The fraction of sp³-hybridized carbons (Fsp3) is 0.355. The summed E-state index contributed by atoms with van der Waals surface area (Å²) < 4.78 is 38.6. The van der Waals surface area contributed by atoms with E-state index in [4.69, 9.17) is 14.6 Å². The number of rotatable bonds is 8. The minimum Gasteiger partial charge on any atom is -0.542 e. The molecule has 3 unspecified atom stereocenters. The number of anilines is 1. The Hall–Kier alpha value is -3.89. The van der Waals surface area contributed by atoms with Crippen molar-refractivity contribution in [1.29, 1.82) is 0 Å². The number of hydrogen-bond acceptors (Lipinski definition) is 6. The fourth-order valence-corrected chi connectivity index (χ4v) is 5.60. The summed E-state index contributed by atoms with van der Waals surface area (Å²) in [5, 5.41) is 23.1. The zero-order valence-electron chi connectivity index (χ0n) is 22.4. The maximum Gasteiger partial charge on any atom is 0.430 e. The van der Waals surface area contributed by atoms with Crippen molar-refractivity contribution in [2.24, 2.45) is 5.92 Å². The van der Waals surface area contributed by atoms with Crippen LogP contribution in [0, 0.1) is 5.92 Å². The lowest BCUT2D eigenvalue weighted by Gasteiger charge is -2.52. The van der Waals surface area contributed by atoms with Crippen LogP contribution in [0.4, 0.5) is 18.9 Å². The van der Waals surface area contributed by atoms with Gasteiger partial charge in [-0.3, -0.25) is 0 Å². The number of carbonyl (C=O) groups is 2. The molecule has 2 N–H and O–H groups in total. The molecule has 0 saturated carbocycles. The number of hydrogen-bond donors (Lipinski definition) is 2. The van der Waals surface area contributed by atoms with Crippen molar-refractivity contribution >= 4 is 17.6 Å². The minimum atomic E-state index is -5.19. The quantitative estimate of drug-likeness (QED) is 0.314. The Bertz CT molecular complexity index is 1270. The van der Waals surface area contributed by atoms with E-state index in [9.17, 15) is 23.1 Å². The zero-order valence-corrected chi connectivity index (χ0v) is 22.4. The van der Waals surface area contributed by atoms with Crippen molar-refractivity contribution in [3.8, 4) is 0 Å². The molecule has 3 aliphatic rings. The van der Waals surface area contributed by atoms with Gasteiger partial charge in [-0.25, -0.2) is 4.79 Å². The molecule has 41 heavy (non-hydrogen) atoms. The molecule has 6 rings (SSSR count). The van der Waals surface area contributed by atoms with Crippen molar-refractivity contribution in [2.75, 3.05) is 31.5 Å². The fourth-order valence-electron chi connectivity index (χ4n) is 5.60. The first kappa shape index (κ1) is 30.1. The Balaban J connectivity index is 0.000000493. The third-order valence-electron chi connectivity index (χ3n) is 7.74. The van der Waals surface area contributed by atoms with E-state index in [1.807, 2.05) is 91.0 Å². The van der Waals surface area contributed by atoms with Crippen LogP contribution in [0.2, 0.25) is 0 Å². The molecule has 3 aliphatic heterocycles. The molecule has 0 radical (unpaired) electrons. The molecule has 7 nitrogen and oxygen atoms in total. The number of carbonyl (C=O) groups excluding carboxylic acids is 2. The van der Waals surface area contributed by atoms with Gasteiger partial charge in [-0.05, 0) is 23.3 Å². The number of halogens is 3. The van der Waals surface area contributed by atoms with Gasteiger partial charge in [0.15, 0.2) is 12.1 Å². The molecule has 3 aromatic carbocycles. The van der Waals surface area contributed by atoms with Crippen molar-refractivity contribution in [1.82, 2.24) is 0 Å². The standard InChI is InChI=1S/C29H33N2O3.C2HF3O2/c32-26(22-10-4-1-5-11-22)20-31-18-16-23(17-19-31)27(21-31)34-29(33)28(24-12-6-2-7-13-24)30-25-14-8-3-9-15-25;3-2(4,5)1(6)7/h1-15,23,26-28,30,32H,16-21H2;(H,6,7)/q+1;/p-1. The van der Waals surface area contributed by atoms with Gasteiger partial charge in [0, 0.05) is 24.4 Å². The van der Waals surface area contributed by atoms with Gasteiger partial charge in [-0.2, -0.15) is 13.2 Å². The SMILES string of the molecule is O=C(OC1C[N+]2(CC(O)c3ccccc3)CCC1CC2)C(Nc1ccccc1)c1ccccc1.O=C([O-])C(F)(F)F. The Morgan fingerprint density at radius 3 is 1.90 bits per heavy atom. The first-order chi connectivity index (χ1) is 19.6. The van der Waals surface area contributed by atoms with E-state index in [2.05, 4.69) is 5.32 Å². The third kappa shape index (κ3) is 8.08. The molecule has 10 heteroatoms. The molecule has 0 aromatic heterocycles. The largest absolute Gasteiger partial charge is 0.542 e. The number of fused-ring (bicyclic) bond motifs is 3. The maximum atomic E-state index is 13.5. The smallest absolute Gasteiger partial charge is 0.430 e. The van der Waals surface area contributed by atoms with Gasteiger partial charge in [0.2, 0.25) is 0 Å². The van der Waals surface area contributed by atoms with Gasteiger partial charge in [-0.15, -0.1) is 0 Å². The number of ether oxygens (including phenoxy) is 1. The van der Waals surface area contributed by atoms with E-state index in [0.717, 1.165) is 53.8 Å². The number of nitrogens with one attached hydrogen (secondary N) is 1. The zero-order chi connectivity index (χ0) is 29.5. The molecular weight excluding hydrogens is 537 g/mol. The lowest BCUT2D eigenvalue weighted by Crippen LogP contribution is -2.65. The number of alkyl halides is 3. The van der Waals surface area contributed by atoms with Crippen LogP contribution in [0.3, 0.4) is 0 Å². The summed E-state index contributed by atoms with van der Waals surface area (Å²) in [7, 11) is 0. The Kier molecular flexibility index (Phi) is 9.67. The predicted octanol–water partition coefficient (Wildman–Crippen LogP) is 4.02. The summed E-state index contributed by atoms with van der Waals surface area (Å²) >= 11 is 0. The molecule has 3 saturated heterocycles. The number of benzene rings is 3. The monoisotopic (exact) mass is 570 g/mol. The molecule has 218 valence electrons. The third-order valence-corrected chi connectivity index (χ3v) is 7.74. The second kappa shape index (κ2) is 13.2. The van der Waals surface area contributed by atoms with Gasteiger partial charge in [0.25, 0.3) is 0 Å². The summed E-state index contributed by atoms with van der Waals surface area (Å²) in [6.07, 6.45) is -3.77. The molecule has 3 aromatic rings. The highest BCUT2D eigenvalue weighted by atomic mass is 19.4. The highest BCUT2D eigenvalue weighted by Crippen LogP contribution is 2.38. The predicted molar refractivity (Wildman–Crippen MR) is 144 cm³/mol. The summed E-state index contributed by atoms with van der Waals surface area (Å²) in [4.78, 5) is 22.3. The summed E-state index contributed by atoms with van der Waals surface area (Å²) in [6.45, 7) is 3.50. The molecule has 2 bridgehead atoms. The summed E-state index contributed by atoms with van der Waals surface area (Å²) in [6, 6.07) is 28.9. The van der Waals surface area contributed by atoms with Gasteiger partial charge >= 0.3 is 12.1 Å². The lowest BCUT2D eigenvalue weighted by molar-refractivity contribution is -0.949. The summed E-state index contributed by atoms with van der Waals surface area (Å²) in [5.74, 6) is -2.85. The van der Waals surface area contributed by atoms with Crippen molar-refractivity contribution in [3.63, 3.8) is 0 Å². The number of aliphatic hydroxyl groups is 1. The first-order valence-electron chi connectivity index (χ1n) is 13.5.